The predicted molar refractivity (Wildman–Crippen MR) is 152 cm³/mol. The molecule has 0 radical (unpaired) electrons. The third kappa shape index (κ3) is 6.89. The van der Waals surface area contributed by atoms with Crippen LogP contribution in [0.2, 0.25) is 0 Å². The fraction of sp³-hybridized carbons (Fsp3) is 0.161. The monoisotopic (exact) mass is 623 g/mol. The van der Waals surface area contributed by atoms with Crippen LogP contribution in [0.4, 0.5) is 32.3 Å². The standard InChI is InChI=1S/C31H23F6N7O/c1-19(43(2)27(45)22-16-23(30(32,33)34)18-24(17-22)31(35,36)37)26-41-29(44(42-26)28-38-14-9-15-39-28)40-25(20-10-5-3-6-11-20)21-12-7-4-8-13-21/h3-19H,1-2H3. The summed E-state index contributed by atoms with van der Waals surface area (Å²) in [5, 5.41) is 4.45. The smallest absolute Gasteiger partial charge is 0.332 e. The zero-order valence-electron chi connectivity index (χ0n) is 23.6. The molecule has 1 unspecified atom stereocenters. The highest BCUT2D eigenvalue weighted by atomic mass is 19.4. The van der Waals surface area contributed by atoms with E-state index in [-0.39, 0.29) is 23.8 Å². The van der Waals surface area contributed by atoms with Gasteiger partial charge in [0.15, 0.2) is 5.82 Å². The summed E-state index contributed by atoms with van der Waals surface area (Å²) in [6, 6.07) is 19.7. The first-order valence-corrected chi connectivity index (χ1v) is 13.3. The SMILES string of the molecule is CC(c1nc(N=C(c2ccccc2)c2ccccc2)n(-c2ncccn2)n1)N(C)C(=O)c1cc(C(F)(F)F)cc(C(F)(F)F)c1. The second kappa shape index (κ2) is 12.3. The van der Waals surface area contributed by atoms with Gasteiger partial charge >= 0.3 is 12.4 Å². The summed E-state index contributed by atoms with van der Waals surface area (Å²) in [4.78, 5) is 32.0. The van der Waals surface area contributed by atoms with E-state index >= 15 is 0 Å². The van der Waals surface area contributed by atoms with Crippen molar-refractivity contribution >= 4 is 17.6 Å². The van der Waals surface area contributed by atoms with E-state index in [4.69, 9.17) is 4.99 Å². The molecule has 2 heterocycles. The number of hydrogen-bond donors (Lipinski definition) is 0. The maximum absolute atomic E-state index is 13.4. The van der Waals surface area contributed by atoms with Crippen LogP contribution in [0.5, 0.6) is 0 Å². The number of nitrogens with zero attached hydrogens (tertiary/aromatic N) is 7. The zero-order valence-corrected chi connectivity index (χ0v) is 23.6. The van der Waals surface area contributed by atoms with Crippen molar-refractivity contribution in [2.24, 2.45) is 4.99 Å². The molecule has 45 heavy (non-hydrogen) atoms. The van der Waals surface area contributed by atoms with Gasteiger partial charge in [0, 0.05) is 36.1 Å². The molecular weight excluding hydrogens is 600 g/mol. The number of carbonyl (C=O) groups excluding carboxylic acids is 1. The summed E-state index contributed by atoms with van der Waals surface area (Å²) in [7, 11) is 1.22. The fourth-order valence-electron chi connectivity index (χ4n) is 4.32. The molecule has 0 saturated heterocycles. The van der Waals surface area contributed by atoms with Crippen LogP contribution in [0.25, 0.3) is 5.95 Å². The van der Waals surface area contributed by atoms with E-state index in [2.05, 4.69) is 20.1 Å². The van der Waals surface area contributed by atoms with Crippen molar-refractivity contribution in [3.05, 3.63) is 131 Å². The molecule has 5 rings (SSSR count). The van der Waals surface area contributed by atoms with Crippen LogP contribution >= 0.6 is 0 Å². The molecule has 0 spiro atoms. The van der Waals surface area contributed by atoms with Crippen LogP contribution in [-0.4, -0.2) is 48.3 Å². The van der Waals surface area contributed by atoms with Gasteiger partial charge < -0.3 is 4.90 Å². The molecule has 230 valence electrons. The topological polar surface area (TPSA) is 89.2 Å². The molecule has 0 fully saturated rings. The van der Waals surface area contributed by atoms with Gasteiger partial charge in [-0.2, -0.15) is 36.0 Å². The van der Waals surface area contributed by atoms with Crippen molar-refractivity contribution in [1.29, 1.82) is 0 Å². The Labute approximate surface area is 252 Å². The molecule has 3 aromatic carbocycles. The van der Waals surface area contributed by atoms with Crippen molar-refractivity contribution in [1.82, 2.24) is 29.6 Å². The predicted octanol–water partition coefficient (Wildman–Crippen LogP) is 7.10. The van der Waals surface area contributed by atoms with Crippen molar-refractivity contribution < 1.29 is 31.1 Å². The molecule has 0 aliphatic rings. The Bertz CT molecular complexity index is 1750. The molecule has 0 bridgehead atoms. The number of carbonyl (C=O) groups is 1. The van der Waals surface area contributed by atoms with Crippen LogP contribution in [-0.2, 0) is 12.4 Å². The average molecular weight is 624 g/mol. The molecule has 5 aromatic rings. The highest BCUT2D eigenvalue weighted by Crippen LogP contribution is 2.37. The maximum atomic E-state index is 13.4. The summed E-state index contributed by atoms with van der Waals surface area (Å²) >= 11 is 0. The van der Waals surface area contributed by atoms with Gasteiger partial charge in [-0.15, -0.1) is 5.10 Å². The molecule has 1 amide bonds. The second-order valence-corrected chi connectivity index (χ2v) is 9.81. The summed E-state index contributed by atoms with van der Waals surface area (Å²) in [6.45, 7) is 1.48. The fourth-order valence-corrected chi connectivity index (χ4v) is 4.32. The first-order chi connectivity index (χ1) is 21.3. The molecule has 8 nitrogen and oxygen atoms in total. The Kier molecular flexibility index (Phi) is 8.49. The van der Waals surface area contributed by atoms with Gasteiger partial charge in [-0.25, -0.2) is 15.0 Å². The summed E-state index contributed by atoms with van der Waals surface area (Å²) in [5.41, 5.74) is -1.98. The lowest BCUT2D eigenvalue weighted by atomic mass is 10.0. The van der Waals surface area contributed by atoms with Crippen LogP contribution in [0.3, 0.4) is 0 Å². The second-order valence-electron chi connectivity index (χ2n) is 9.81. The van der Waals surface area contributed by atoms with Gasteiger partial charge in [-0.3, -0.25) is 4.79 Å². The van der Waals surface area contributed by atoms with E-state index in [1.807, 2.05) is 60.7 Å². The van der Waals surface area contributed by atoms with Crippen LogP contribution in [0, 0.1) is 0 Å². The first kappa shape index (κ1) is 31.0. The lowest BCUT2D eigenvalue weighted by Crippen LogP contribution is -2.31. The van der Waals surface area contributed by atoms with Crippen molar-refractivity contribution in [3.63, 3.8) is 0 Å². The summed E-state index contributed by atoms with van der Waals surface area (Å²) in [5.74, 6) is -1.01. The number of alkyl halides is 6. The minimum Gasteiger partial charge on any atom is -0.332 e. The Balaban J connectivity index is 1.59. The molecule has 0 aliphatic carbocycles. The molecule has 14 heteroatoms. The Morgan fingerprint density at radius 2 is 1.29 bits per heavy atom. The van der Waals surface area contributed by atoms with Crippen molar-refractivity contribution in [3.8, 4) is 5.95 Å². The minimum atomic E-state index is -5.11. The number of rotatable bonds is 7. The Morgan fingerprint density at radius 1 is 0.778 bits per heavy atom. The third-order valence-corrected chi connectivity index (χ3v) is 6.76. The molecule has 2 aromatic heterocycles. The van der Waals surface area contributed by atoms with Gasteiger partial charge in [-0.05, 0) is 31.2 Å². The van der Waals surface area contributed by atoms with Gasteiger partial charge in [0.2, 0.25) is 0 Å². The van der Waals surface area contributed by atoms with E-state index in [9.17, 15) is 31.1 Å². The Hall–Kier alpha value is -5.40. The highest BCUT2D eigenvalue weighted by Gasteiger charge is 2.38. The summed E-state index contributed by atoms with van der Waals surface area (Å²) in [6.07, 6.45) is -7.29. The molecule has 0 N–H and O–H groups in total. The number of aliphatic imine (C=N–C) groups is 1. The molecule has 0 saturated carbocycles. The minimum absolute atomic E-state index is 0.0134. The van der Waals surface area contributed by atoms with E-state index < -0.39 is 41.0 Å². The molecule has 1 atom stereocenters. The maximum Gasteiger partial charge on any atom is 0.416 e. The average Bonchev–Trinajstić information content (AvgIpc) is 3.46. The lowest BCUT2D eigenvalue weighted by molar-refractivity contribution is -0.143. The zero-order chi connectivity index (χ0) is 32.4. The number of benzene rings is 3. The number of hydrogen-bond acceptors (Lipinski definition) is 6. The normalized spacial score (nSPS) is 12.4. The lowest BCUT2D eigenvalue weighted by Gasteiger charge is -2.23. The number of halogens is 6. The quantitative estimate of drug-likeness (QED) is 0.143. The number of aromatic nitrogens is 5. The number of amides is 1. The van der Waals surface area contributed by atoms with E-state index in [0.717, 1.165) is 16.0 Å². The van der Waals surface area contributed by atoms with Gasteiger partial charge in [0.25, 0.3) is 17.8 Å². The van der Waals surface area contributed by atoms with E-state index in [1.165, 1.54) is 31.0 Å². The highest BCUT2D eigenvalue weighted by molar-refractivity contribution is 6.13. The van der Waals surface area contributed by atoms with Gasteiger partial charge in [0.1, 0.15) is 0 Å². The van der Waals surface area contributed by atoms with Crippen LogP contribution in [0.15, 0.2) is 102 Å². The largest absolute Gasteiger partial charge is 0.416 e. The van der Waals surface area contributed by atoms with Crippen molar-refractivity contribution in [2.75, 3.05) is 7.05 Å². The molecular formula is C31H23F6N7O. The van der Waals surface area contributed by atoms with E-state index in [1.54, 1.807) is 6.07 Å². The Morgan fingerprint density at radius 3 is 1.78 bits per heavy atom. The van der Waals surface area contributed by atoms with Crippen molar-refractivity contribution in [2.45, 2.75) is 25.3 Å². The van der Waals surface area contributed by atoms with Crippen LogP contribution in [0.1, 0.15) is 51.4 Å². The van der Waals surface area contributed by atoms with E-state index in [0.29, 0.717) is 17.8 Å². The third-order valence-electron chi connectivity index (χ3n) is 6.76. The summed E-state index contributed by atoms with van der Waals surface area (Å²) < 4.78 is 81.9. The van der Waals surface area contributed by atoms with Gasteiger partial charge in [0.05, 0.1) is 22.9 Å². The molecule has 0 aliphatic heterocycles. The van der Waals surface area contributed by atoms with Crippen LogP contribution < -0.4 is 0 Å². The van der Waals surface area contributed by atoms with Gasteiger partial charge in [-0.1, -0.05) is 60.7 Å². The first-order valence-electron chi connectivity index (χ1n) is 13.3.